The topological polar surface area (TPSA) is 29.3 Å². The summed E-state index contributed by atoms with van der Waals surface area (Å²) in [5.74, 6) is 0.655. The lowest BCUT2D eigenvalue weighted by molar-refractivity contribution is 0.173. The summed E-state index contributed by atoms with van der Waals surface area (Å²) in [7, 11) is 0. The molecule has 1 saturated heterocycles. The molecule has 1 atom stereocenters. The summed E-state index contributed by atoms with van der Waals surface area (Å²) in [6, 6.07) is 8.34. The Bertz CT molecular complexity index is 365. The Hall–Kier alpha value is -1.02. The Morgan fingerprint density at radius 3 is 2.62 bits per heavy atom. The van der Waals surface area contributed by atoms with Crippen LogP contribution < -0.4 is 5.73 Å². The molecule has 0 saturated carbocycles. The quantitative estimate of drug-likeness (QED) is 0.734. The molecule has 1 aliphatic rings. The van der Waals surface area contributed by atoms with Crippen molar-refractivity contribution in [3.8, 4) is 0 Å². The normalized spacial score (nSPS) is 22.6. The van der Waals surface area contributed by atoms with E-state index in [0.717, 1.165) is 12.2 Å². The standard InChI is InChI=1S/C14H22N2/c1-14(2,3)16-8-7-12(10-16)11-5-4-6-13(15)9-11/h4-6,9,12H,7-8,10,15H2,1-3H3. The van der Waals surface area contributed by atoms with Crippen LogP contribution in [0.5, 0.6) is 0 Å². The number of anilines is 1. The van der Waals surface area contributed by atoms with Crippen LogP contribution in [0.3, 0.4) is 0 Å². The Morgan fingerprint density at radius 2 is 2.06 bits per heavy atom. The van der Waals surface area contributed by atoms with Crippen LogP contribution in [0.4, 0.5) is 5.69 Å². The van der Waals surface area contributed by atoms with E-state index < -0.39 is 0 Å². The van der Waals surface area contributed by atoms with Crippen molar-refractivity contribution < 1.29 is 0 Å². The molecule has 1 heterocycles. The molecule has 1 unspecified atom stereocenters. The van der Waals surface area contributed by atoms with Gasteiger partial charge in [0.05, 0.1) is 0 Å². The van der Waals surface area contributed by atoms with Gasteiger partial charge in [-0.25, -0.2) is 0 Å². The van der Waals surface area contributed by atoms with E-state index in [1.807, 2.05) is 6.07 Å². The molecule has 0 aromatic heterocycles. The summed E-state index contributed by atoms with van der Waals surface area (Å²) in [5, 5.41) is 0. The van der Waals surface area contributed by atoms with Crippen LogP contribution in [-0.2, 0) is 0 Å². The average molecular weight is 218 g/mol. The van der Waals surface area contributed by atoms with Crippen molar-refractivity contribution in [2.75, 3.05) is 18.8 Å². The molecular weight excluding hydrogens is 196 g/mol. The molecule has 1 fully saturated rings. The van der Waals surface area contributed by atoms with Gasteiger partial charge in [-0.1, -0.05) is 12.1 Å². The molecule has 0 radical (unpaired) electrons. The van der Waals surface area contributed by atoms with Crippen molar-refractivity contribution in [1.29, 1.82) is 0 Å². The Morgan fingerprint density at radius 1 is 1.31 bits per heavy atom. The van der Waals surface area contributed by atoms with Gasteiger partial charge < -0.3 is 5.73 Å². The number of hydrogen-bond donors (Lipinski definition) is 1. The van der Waals surface area contributed by atoms with E-state index in [-0.39, 0.29) is 5.54 Å². The molecule has 0 spiro atoms. The fraction of sp³-hybridized carbons (Fsp3) is 0.571. The summed E-state index contributed by atoms with van der Waals surface area (Å²) < 4.78 is 0. The zero-order valence-electron chi connectivity index (χ0n) is 10.5. The molecule has 2 nitrogen and oxygen atoms in total. The third kappa shape index (κ3) is 2.38. The van der Waals surface area contributed by atoms with E-state index in [2.05, 4.69) is 43.9 Å². The fourth-order valence-corrected chi connectivity index (χ4v) is 2.45. The first kappa shape index (κ1) is 11.5. The number of benzene rings is 1. The highest BCUT2D eigenvalue weighted by atomic mass is 15.2. The van der Waals surface area contributed by atoms with E-state index >= 15 is 0 Å². The maximum atomic E-state index is 5.83. The molecule has 1 aromatic carbocycles. The molecule has 16 heavy (non-hydrogen) atoms. The van der Waals surface area contributed by atoms with Gasteiger partial charge in [0.2, 0.25) is 0 Å². The third-order valence-electron chi connectivity index (χ3n) is 3.52. The molecule has 2 rings (SSSR count). The number of nitrogens with two attached hydrogens (primary N) is 1. The number of likely N-dealkylation sites (tertiary alicyclic amines) is 1. The Balaban J connectivity index is 2.09. The number of rotatable bonds is 1. The average Bonchev–Trinajstić information content (AvgIpc) is 2.65. The first-order valence-corrected chi connectivity index (χ1v) is 6.07. The summed E-state index contributed by atoms with van der Waals surface area (Å²) in [5.41, 5.74) is 8.40. The molecule has 0 amide bonds. The van der Waals surface area contributed by atoms with Crippen LogP contribution in [0, 0.1) is 0 Å². The monoisotopic (exact) mass is 218 g/mol. The second kappa shape index (κ2) is 4.10. The third-order valence-corrected chi connectivity index (χ3v) is 3.52. The first-order valence-electron chi connectivity index (χ1n) is 6.07. The highest BCUT2D eigenvalue weighted by Gasteiger charge is 2.30. The molecule has 2 heteroatoms. The lowest BCUT2D eigenvalue weighted by Gasteiger charge is -2.31. The van der Waals surface area contributed by atoms with E-state index in [9.17, 15) is 0 Å². The van der Waals surface area contributed by atoms with Crippen LogP contribution in [0.2, 0.25) is 0 Å². The van der Waals surface area contributed by atoms with E-state index in [0.29, 0.717) is 5.92 Å². The molecule has 2 N–H and O–H groups in total. The van der Waals surface area contributed by atoms with Gasteiger partial charge in [0.15, 0.2) is 0 Å². The van der Waals surface area contributed by atoms with Crippen LogP contribution in [0.15, 0.2) is 24.3 Å². The fourth-order valence-electron chi connectivity index (χ4n) is 2.45. The predicted molar refractivity (Wildman–Crippen MR) is 69.5 cm³/mol. The highest BCUT2D eigenvalue weighted by molar-refractivity contribution is 5.42. The van der Waals surface area contributed by atoms with E-state index in [1.165, 1.54) is 18.5 Å². The lowest BCUT2D eigenvalue weighted by Crippen LogP contribution is -2.39. The number of nitrogens with zero attached hydrogens (tertiary/aromatic N) is 1. The largest absolute Gasteiger partial charge is 0.399 e. The Kier molecular flexibility index (Phi) is 2.94. The van der Waals surface area contributed by atoms with Crippen molar-refractivity contribution in [2.45, 2.75) is 38.6 Å². The second-order valence-electron chi connectivity index (χ2n) is 5.77. The Labute approximate surface area is 98.4 Å². The van der Waals surface area contributed by atoms with Gasteiger partial charge in [-0.15, -0.1) is 0 Å². The first-order chi connectivity index (χ1) is 7.47. The van der Waals surface area contributed by atoms with Crippen LogP contribution in [0.1, 0.15) is 38.7 Å². The smallest absolute Gasteiger partial charge is 0.0316 e. The highest BCUT2D eigenvalue weighted by Crippen LogP contribution is 2.31. The van der Waals surface area contributed by atoms with Crippen molar-refractivity contribution in [1.82, 2.24) is 4.90 Å². The molecule has 0 aliphatic carbocycles. The summed E-state index contributed by atoms with van der Waals surface area (Å²) in [6.45, 7) is 9.22. The second-order valence-corrected chi connectivity index (χ2v) is 5.77. The van der Waals surface area contributed by atoms with Gasteiger partial charge in [-0.2, -0.15) is 0 Å². The van der Waals surface area contributed by atoms with Gasteiger partial charge in [0, 0.05) is 17.8 Å². The maximum absolute atomic E-state index is 5.83. The predicted octanol–water partition coefficient (Wildman–Crippen LogP) is 2.86. The molecule has 1 aliphatic heterocycles. The van der Waals surface area contributed by atoms with Crippen molar-refractivity contribution in [3.05, 3.63) is 29.8 Å². The lowest BCUT2D eigenvalue weighted by atomic mass is 9.98. The van der Waals surface area contributed by atoms with Crippen molar-refractivity contribution in [3.63, 3.8) is 0 Å². The molecule has 1 aromatic rings. The van der Waals surface area contributed by atoms with E-state index in [1.54, 1.807) is 0 Å². The minimum Gasteiger partial charge on any atom is -0.399 e. The molecule has 88 valence electrons. The van der Waals surface area contributed by atoms with Crippen LogP contribution >= 0.6 is 0 Å². The summed E-state index contributed by atoms with van der Waals surface area (Å²) in [6.07, 6.45) is 1.25. The van der Waals surface area contributed by atoms with Crippen molar-refractivity contribution in [2.24, 2.45) is 0 Å². The van der Waals surface area contributed by atoms with Crippen molar-refractivity contribution >= 4 is 5.69 Å². The number of hydrogen-bond acceptors (Lipinski definition) is 2. The zero-order valence-corrected chi connectivity index (χ0v) is 10.5. The molecule has 0 bridgehead atoms. The molecular formula is C14H22N2. The zero-order chi connectivity index (χ0) is 11.8. The van der Waals surface area contributed by atoms with E-state index in [4.69, 9.17) is 5.73 Å². The van der Waals surface area contributed by atoms with Crippen LogP contribution in [0.25, 0.3) is 0 Å². The summed E-state index contributed by atoms with van der Waals surface area (Å²) >= 11 is 0. The SMILES string of the molecule is CC(C)(C)N1CCC(c2cccc(N)c2)C1. The minimum atomic E-state index is 0.287. The maximum Gasteiger partial charge on any atom is 0.0316 e. The van der Waals surface area contributed by atoms with Crippen LogP contribution in [-0.4, -0.2) is 23.5 Å². The van der Waals surface area contributed by atoms with Gasteiger partial charge in [0.25, 0.3) is 0 Å². The number of nitrogen functional groups attached to an aromatic ring is 1. The van der Waals surface area contributed by atoms with Gasteiger partial charge in [-0.3, -0.25) is 4.90 Å². The minimum absolute atomic E-state index is 0.287. The van der Waals surface area contributed by atoms with Gasteiger partial charge >= 0.3 is 0 Å². The summed E-state index contributed by atoms with van der Waals surface area (Å²) in [4.78, 5) is 2.56. The van der Waals surface area contributed by atoms with Gasteiger partial charge in [-0.05, 0) is 57.4 Å². The van der Waals surface area contributed by atoms with Gasteiger partial charge in [0.1, 0.15) is 0 Å².